The Hall–Kier alpha value is -2.21. The van der Waals surface area contributed by atoms with Gasteiger partial charge in [0.25, 0.3) is 0 Å². The highest BCUT2D eigenvalue weighted by atomic mass is 16.4. The highest BCUT2D eigenvalue weighted by Gasteiger charge is 2.07. The van der Waals surface area contributed by atoms with Gasteiger partial charge in [0.15, 0.2) is 0 Å². The van der Waals surface area contributed by atoms with Gasteiger partial charge in [0.2, 0.25) is 0 Å². The normalized spacial score (nSPS) is 10.2. The summed E-state index contributed by atoms with van der Waals surface area (Å²) in [4.78, 5) is 13.6. The molecule has 0 atom stereocenters. The molecule has 0 aliphatic carbocycles. The van der Waals surface area contributed by atoms with E-state index in [1.807, 2.05) is 24.4 Å². The monoisotopic (exact) mass is 213 g/mol. The summed E-state index contributed by atoms with van der Waals surface area (Å²) in [6, 6.07) is 5.69. The number of benzene rings is 1. The molecule has 3 nitrogen and oxygen atoms in total. The second-order valence-electron chi connectivity index (χ2n) is 3.58. The van der Waals surface area contributed by atoms with Crippen molar-refractivity contribution in [3.8, 4) is 12.3 Å². The van der Waals surface area contributed by atoms with Gasteiger partial charge in [0, 0.05) is 23.6 Å². The molecule has 2 rings (SSSR count). The van der Waals surface area contributed by atoms with Crippen LogP contribution < -0.4 is 0 Å². The number of aryl methyl sites for hydroxylation is 1. The van der Waals surface area contributed by atoms with Gasteiger partial charge in [-0.2, -0.15) is 0 Å². The van der Waals surface area contributed by atoms with E-state index in [1.165, 1.54) is 0 Å². The molecule has 1 aromatic carbocycles. The third kappa shape index (κ3) is 1.78. The highest BCUT2D eigenvalue weighted by Crippen LogP contribution is 2.22. The molecule has 1 aromatic heterocycles. The smallest absolute Gasteiger partial charge is 0.303 e. The van der Waals surface area contributed by atoms with Gasteiger partial charge < -0.3 is 10.1 Å². The number of carboxylic acid groups (broad SMARTS) is 1. The lowest BCUT2D eigenvalue weighted by molar-refractivity contribution is -0.136. The van der Waals surface area contributed by atoms with Gasteiger partial charge in [-0.15, -0.1) is 6.42 Å². The van der Waals surface area contributed by atoms with Gasteiger partial charge in [-0.05, 0) is 18.1 Å². The number of hydrogen-bond donors (Lipinski definition) is 2. The molecule has 0 saturated carbocycles. The minimum Gasteiger partial charge on any atom is -0.481 e. The summed E-state index contributed by atoms with van der Waals surface area (Å²) in [6.07, 6.45) is 7.86. The molecule has 2 aromatic rings. The topological polar surface area (TPSA) is 53.1 Å². The molecular weight excluding hydrogens is 202 g/mol. The minimum atomic E-state index is -0.789. The molecule has 0 aliphatic heterocycles. The fourth-order valence-electron chi connectivity index (χ4n) is 1.78. The molecule has 0 aliphatic rings. The van der Waals surface area contributed by atoms with E-state index in [4.69, 9.17) is 11.5 Å². The van der Waals surface area contributed by atoms with Crippen molar-refractivity contribution in [3.63, 3.8) is 0 Å². The highest BCUT2D eigenvalue weighted by molar-refractivity contribution is 5.88. The zero-order valence-electron chi connectivity index (χ0n) is 8.66. The standard InChI is InChI=1S/C13H11NO2/c1-2-9-4-3-5-11-10(6-7-12(15)16)8-14-13(9)11/h1,3-5,8,14H,6-7H2,(H,15,16). The fourth-order valence-corrected chi connectivity index (χ4v) is 1.78. The maximum atomic E-state index is 10.5. The van der Waals surface area contributed by atoms with Gasteiger partial charge in [0.1, 0.15) is 0 Å². The summed E-state index contributed by atoms with van der Waals surface area (Å²) in [6.45, 7) is 0. The van der Waals surface area contributed by atoms with Crippen molar-refractivity contribution < 1.29 is 9.90 Å². The number of terminal acetylenes is 1. The molecule has 0 saturated heterocycles. The Morgan fingerprint density at radius 2 is 2.31 bits per heavy atom. The van der Waals surface area contributed by atoms with Crippen LogP contribution in [0.2, 0.25) is 0 Å². The number of H-pyrrole nitrogens is 1. The first kappa shape index (κ1) is 10.3. The summed E-state index contributed by atoms with van der Waals surface area (Å²) in [5.74, 6) is 1.81. The van der Waals surface area contributed by atoms with Gasteiger partial charge in [0.05, 0.1) is 5.52 Å². The molecule has 0 unspecified atom stereocenters. The SMILES string of the molecule is C#Cc1cccc2c(CCC(=O)O)c[nH]c12. The number of nitrogens with one attached hydrogen (secondary N) is 1. The number of aliphatic carboxylic acids is 1. The van der Waals surface area contributed by atoms with Crippen molar-refractivity contribution in [3.05, 3.63) is 35.5 Å². The molecule has 0 radical (unpaired) electrons. The van der Waals surface area contributed by atoms with Crippen LogP contribution in [0.25, 0.3) is 10.9 Å². The van der Waals surface area contributed by atoms with Crippen LogP contribution in [0, 0.1) is 12.3 Å². The number of fused-ring (bicyclic) bond motifs is 1. The van der Waals surface area contributed by atoms with Gasteiger partial charge in [-0.3, -0.25) is 4.79 Å². The number of rotatable bonds is 3. The molecule has 0 spiro atoms. The molecule has 3 heteroatoms. The zero-order valence-corrected chi connectivity index (χ0v) is 8.66. The molecule has 2 N–H and O–H groups in total. The van der Waals surface area contributed by atoms with Crippen LogP contribution in [-0.2, 0) is 11.2 Å². The van der Waals surface area contributed by atoms with E-state index in [-0.39, 0.29) is 6.42 Å². The molecule has 16 heavy (non-hydrogen) atoms. The number of aromatic nitrogens is 1. The molecule has 0 fully saturated rings. The van der Waals surface area contributed by atoms with E-state index in [9.17, 15) is 4.79 Å². The van der Waals surface area contributed by atoms with Crippen LogP contribution in [0.3, 0.4) is 0 Å². The number of para-hydroxylation sites is 1. The summed E-state index contributed by atoms with van der Waals surface area (Å²) >= 11 is 0. The Balaban J connectivity index is 2.42. The molecule has 0 bridgehead atoms. The van der Waals surface area contributed by atoms with Crippen molar-refractivity contribution in [1.29, 1.82) is 0 Å². The predicted octanol–water partition coefficient (Wildman–Crippen LogP) is 2.17. The second-order valence-corrected chi connectivity index (χ2v) is 3.58. The van der Waals surface area contributed by atoms with E-state index in [1.54, 1.807) is 0 Å². The van der Waals surface area contributed by atoms with E-state index < -0.39 is 5.97 Å². The van der Waals surface area contributed by atoms with Crippen molar-refractivity contribution in [2.75, 3.05) is 0 Å². The maximum Gasteiger partial charge on any atom is 0.303 e. The number of aromatic amines is 1. The largest absolute Gasteiger partial charge is 0.481 e. The lowest BCUT2D eigenvalue weighted by Crippen LogP contribution is -1.96. The molecule has 80 valence electrons. The summed E-state index contributed by atoms with van der Waals surface area (Å²) in [5.41, 5.74) is 2.71. The fraction of sp³-hybridized carbons (Fsp3) is 0.154. The molecule has 1 heterocycles. The van der Waals surface area contributed by atoms with E-state index in [0.717, 1.165) is 22.0 Å². The lowest BCUT2D eigenvalue weighted by Gasteiger charge is -1.97. The average molecular weight is 213 g/mol. The zero-order chi connectivity index (χ0) is 11.5. The Bertz CT molecular complexity index is 575. The van der Waals surface area contributed by atoms with Crippen LogP contribution in [0.15, 0.2) is 24.4 Å². The van der Waals surface area contributed by atoms with Crippen LogP contribution in [0.5, 0.6) is 0 Å². The Labute approximate surface area is 93.1 Å². The third-order valence-corrected chi connectivity index (χ3v) is 2.56. The van der Waals surface area contributed by atoms with Crippen LogP contribution >= 0.6 is 0 Å². The lowest BCUT2D eigenvalue weighted by atomic mass is 10.1. The van der Waals surface area contributed by atoms with Crippen molar-refractivity contribution in [2.24, 2.45) is 0 Å². The Kier molecular flexibility index (Phi) is 2.65. The average Bonchev–Trinajstić information content (AvgIpc) is 2.69. The second kappa shape index (κ2) is 4.11. The Morgan fingerprint density at radius 3 is 3.00 bits per heavy atom. The maximum absolute atomic E-state index is 10.5. The number of carboxylic acids is 1. The van der Waals surface area contributed by atoms with E-state index in [2.05, 4.69) is 10.9 Å². The third-order valence-electron chi connectivity index (χ3n) is 2.56. The van der Waals surface area contributed by atoms with Crippen molar-refractivity contribution in [1.82, 2.24) is 4.98 Å². The van der Waals surface area contributed by atoms with E-state index in [0.29, 0.717) is 6.42 Å². The predicted molar refractivity (Wildman–Crippen MR) is 62.2 cm³/mol. The summed E-state index contributed by atoms with van der Waals surface area (Å²) in [7, 11) is 0. The summed E-state index contributed by atoms with van der Waals surface area (Å²) < 4.78 is 0. The first-order valence-electron chi connectivity index (χ1n) is 4.99. The number of hydrogen-bond acceptors (Lipinski definition) is 1. The number of carbonyl (C=O) groups is 1. The van der Waals surface area contributed by atoms with Gasteiger partial charge >= 0.3 is 5.97 Å². The van der Waals surface area contributed by atoms with Crippen molar-refractivity contribution >= 4 is 16.9 Å². The molecule has 0 amide bonds. The minimum absolute atomic E-state index is 0.132. The van der Waals surface area contributed by atoms with Gasteiger partial charge in [-0.1, -0.05) is 18.1 Å². The van der Waals surface area contributed by atoms with Crippen LogP contribution in [0.4, 0.5) is 0 Å². The molecular formula is C13H11NO2. The first-order valence-corrected chi connectivity index (χ1v) is 4.99. The Morgan fingerprint density at radius 1 is 1.50 bits per heavy atom. The first-order chi connectivity index (χ1) is 7.72. The summed E-state index contributed by atoms with van der Waals surface area (Å²) in [5, 5.41) is 9.65. The van der Waals surface area contributed by atoms with E-state index >= 15 is 0 Å². The van der Waals surface area contributed by atoms with Crippen LogP contribution in [-0.4, -0.2) is 16.1 Å². The van der Waals surface area contributed by atoms with Crippen molar-refractivity contribution in [2.45, 2.75) is 12.8 Å². The van der Waals surface area contributed by atoms with Gasteiger partial charge in [-0.25, -0.2) is 0 Å². The van der Waals surface area contributed by atoms with Crippen LogP contribution in [0.1, 0.15) is 17.5 Å². The quantitative estimate of drug-likeness (QED) is 0.768.